The Hall–Kier alpha value is -1.10. The van der Waals surface area contributed by atoms with E-state index in [1.807, 2.05) is 7.05 Å². The monoisotopic (exact) mass is 341 g/mol. The van der Waals surface area contributed by atoms with E-state index in [2.05, 4.69) is 51.8 Å². The highest BCUT2D eigenvalue weighted by Gasteiger charge is 2.02. The summed E-state index contributed by atoms with van der Waals surface area (Å²) in [5.41, 5.74) is 2.27. The Bertz CT molecular complexity index is 479. The van der Waals surface area contributed by atoms with Crippen LogP contribution in [0.25, 0.3) is 0 Å². The number of nitrogens with zero attached hydrogens (tertiary/aromatic N) is 1. The summed E-state index contributed by atoms with van der Waals surface area (Å²) < 4.78 is 14.0. The molecule has 0 aromatic heterocycles. The lowest BCUT2D eigenvalue weighted by molar-refractivity contribution is 0.627. The van der Waals surface area contributed by atoms with Crippen molar-refractivity contribution in [2.45, 2.75) is 6.54 Å². The standard InChI is InChI=1S/C14H13FIN/c1-17(14-8-4-12(15)5-9-14)10-11-2-6-13(16)7-3-11/h2-9H,10H2,1H3. The van der Waals surface area contributed by atoms with Gasteiger partial charge in [0, 0.05) is 22.8 Å². The van der Waals surface area contributed by atoms with Crippen LogP contribution in [-0.4, -0.2) is 7.05 Å². The van der Waals surface area contributed by atoms with Gasteiger partial charge in [0.2, 0.25) is 0 Å². The summed E-state index contributed by atoms with van der Waals surface area (Å²) in [6.07, 6.45) is 0. The minimum Gasteiger partial charge on any atom is -0.370 e. The molecule has 0 unspecified atom stereocenters. The molecule has 0 spiro atoms. The molecule has 88 valence electrons. The lowest BCUT2D eigenvalue weighted by Crippen LogP contribution is -2.16. The number of anilines is 1. The van der Waals surface area contributed by atoms with E-state index >= 15 is 0 Å². The number of halogens is 2. The third-order valence-electron chi connectivity index (χ3n) is 2.60. The fourth-order valence-corrected chi connectivity index (χ4v) is 2.01. The average Bonchev–Trinajstić information content (AvgIpc) is 2.33. The van der Waals surface area contributed by atoms with Gasteiger partial charge in [0.15, 0.2) is 0 Å². The normalized spacial score (nSPS) is 10.3. The SMILES string of the molecule is CN(Cc1ccc(I)cc1)c1ccc(F)cc1. The first-order chi connectivity index (χ1) is 8.15. The Morgan fingerprint density at radius 3 is 2.18 bits per heavy atom. The molecular weight excluding hydrogens is 328 g/mol. The van der Waals surface area contributed by atoms with Gasteiger partial charge >= 0.3 is 0 Å². The summed E-state index contributed by atoms with van der Waals surface area (Å²) in [6.45, 7) is 0.822. The van der Waals surface area contributed by atoms with Crippen LogP contribution in [0.2, 0.25) is 0 Å². The van der Waals surface area contributed by atoms with E-state index in [0.29, 0.717) is 0 Å². The Morgan fingerprint density at radius 1 is 1.00 bits per heavy atom. The van der Waals surface area contributed by atoms with Crippen molar-refractivity contribution >= 4 is 28.3 Å². The molecule has 0 saturated carbocycles. The number of benzene rings is 2. The number of hydrogen-bond acceptors (Lipinski definition) is 1. The van der Waals surface area contributed by atoms with Gasteiger partial charge in [-0.05, 0) is 64.6 Å². The third kappa shape index (κ3) is 3.43. The molecular formula is C14H13FIN. The molecule has 0 saturated heterocycles. The van der Waals surface area contributed by atoms with E-state index in [1.54, 1.807) is 12.1 Å². The Labute approximate surface area is 114 Å². The summed E-state index contributed by atoms with van der Waals surface area (Å²) in [6, 6.07) is 15.0. The smallest absolute Gasteiger partial charge is 0.123 e. The van der Waals surface area contributed by atoms with Crippen molar-refractivity contribution in [2.75, 3.05) is 11.9 Å². The van der Waals surface area contributed by atoms with Crippen molar-refractivity contribution in [3.05, 3.63) is 63.5 Å². The van der Waals surface area contributed by atoms with Crippen molar-refractivity contribution in [1.82, 2.24) is 0 Å². The molecule has 1 nitrogen and oxygen atoms in total. The van der Waals surface area contributed by atoms with E-state index in [1.165, 1.54) is 21.3 Å². The van der Waals surface area contributed by atoms with E-state index in [4.69, 9.17) is 0 Å². The zero-order valence-corrected chi connectivity index (χ0v) is 11.7. The molecule has 0 aliphatic heterocycles. The van der Waals surface area contributed by atoms with Crippen molar-refractivity contribution in [1.29, 1.82) is 0 Å². The van der Waals surface area contributed by atoms with Gasteiger partial charge in [0.05, 0.1) is 0 Å². The largest absolute Gasteiger partial charge is 0.370 e. The maximum atomic E-state index is 12.8. The van der Waals surface area contributed by atoms with Crippen molar-refractivity contribution in [3.8, 4) is 0 Å². The predicted molar refractivity (Wildman–Crippen MR) is 77.7 cm³/mol. The highest BCUT2D eigenvalue weighted by Crippen LogP contribution is 2.16. The fourth-order valence-electron chi connectivity index (χ4n) is 1.65. The van der Waals surface area contributed by atoms with Crippen LogP contribution in [-0.2, 0) is 6.54 Å². The van der Waals surface area contributed by atoms with Crippen LogP contribution in [0, 0.1) is 9.39 Å². The predicted octanol–water partition coefficient (Wildman–Crippen LogP) is 4.07. The molecule has 0 atom stereocenters. The Kier molecular flexibility index (Phi) is 3.99. The second kappa shape index (κ2) is 5.49. The quantitative estimate of drug-likeness (QED) is 0.761. The van der Waals surface area contributed by atoms with Crippen molar-refractivity contribution in [3.63, 3.8) is 0 Å². The zero-order chi connectivity index (χ0) is 12.3. The van der Waals surface area contributed by atoms with Gasteiger partial charge in [-0.3, -0.25) is 0 Å². The number of hydrogen-bond donors (Lipinski definition) is 0. The maximum Gasteiger partial charge on any atom is 0.123 e. The molecule has 17 heavy (non-hydrogen) atoms. The highest BCUT2D eigenvalue weighted by atomic mass is 127. The van der Waals surface area contributed by atoms with Crippen LogP contribution in [0.1, 0.15) is 5.56 Å². The van der Waals surface area contributed by atoms with Crippen LogP contribution < -0.4 is 4.90 Å². The highest BCUT2D eigenvalue weighted by molar-refractivity contribution is 14.1. The van der Waals surface area contributed by atoms with Gasteiger partial charge in [-0.2, -0.15) is 0 Å². The number of rotatable bonds is 3. The summed E-state index contributed by atoms with van der Waals surface area (Å²) in [5.74, 6) is -0.198. The summed E-state index contributed by atoms with van der Waals surface area (Å²) in [5, 5.41) is 0. The van der Waals surface area contributed by atoms with E-state index in [9.17, 15) is 4.39 Å². The maximum absolute atomic E-state index is 12.8. The zero-order valence-electron chi connectivity index (χ0n) is 9.53. The molecule has 3 heteroatoms. The van der Waals surface area contributed by atoms with Crippen LogP contribution in [0.5, 0.6) is 0 Å². The van der Waals surface area contributed by atoms with Crippen LogP contribution >= 0.6 is 22.6 Å². The first kappa shape index (κ1) is 12.4. The molecule has 0 fully saturated rings. The lowest BCUT2D eigenvalue weighted by atomic mass is 10.2. The van der Waals surface area contributed by atoms with Crippen LogP contribution in [0.15, 0.2) is 48.5 Å². The van der Waals surface area contributed by atoms with Gasteiger partial charge < -0.3 is 4.90 Å². The summed E-state index contributed by atoms with van der Waals surface area (Å²) in [4.78, 5) is 2.10. The molecule has 0 radical (unpaired) electrons. The lowest BCUT2D eigenvalue weighted by Gasteiger charge is -2.19. The van der Waals surface area contributed by atoms with Crippen LogP contribution in [0.3, 0.4) is 0 Å². The van der Waals surface area contributed by atoms with Gasteiger partial charge in [0.1, 0.15) is 5.82 Å². The minimum absolute atomic E-state index is 0.198. The first-order valence-corrected chi connectivity index (χ1v) is 6.44. The second-order valence-corrected chi connectivity index (χ2v) is 5.20. The molecule has 0 aliphatic carbocycles. The van der Waals surface area contributed by atoms with Gasteiger partial charge in [-0.15, -0.1) is 0 Å². The average molecular weight is 341 g/mol. The molecule has 0 heterocycles. The molecule has 0 aliphatic rings. The molecule has 0 bridgehead atoms. The Morgan fingerprint density at radius 2 is 1.59 bits per heavy atom. The fraction of sp³-hybridized carbons (Fsp3) is 0.143. The van der Waals surface area contributed by atoms with E-state index < -0.39 is 0 Å². The van der Waals surface area contributed by atoms with Crippen LogP contribution in [0.4, 0.5) is 10.1 Å². The van der Waals surface area contributed by atoms with E-state index in [0.717, 1.165) is 12.2 Å². The molecule has 2 rings (SSSR count). The van der Waals surface area contributed by atoms with E-state index in [-0.39, 0.29) is 5.82 Å². The molecule has 2 aromatic rings. The summed E-state index contributed by atoms with van der Waals surface area (Å²) in [7, 11) is 2.01. The molecule has 0 amide bonds. The first-order valence-electron chi connectivity index (χ1n) is 5.36. The van der Waals surface area contributed by atoms with Crippen molar-refractivity contribution in [2.24, 2.45) is 0 Å². The third-order valence-corrected chi connectivity index (χ3v) is 3.32. The minimum atomic E-state index is -0.198. The van der Waals surface area contributed by atoms with Gasteiger partial charge in [0.25, 0.3) is 0 Å². The van der Waals surface area contributed by atoms with Gasteiger partial charge in [-0.1, -0.05) is 12.1 Å². The molecule has 2 aromatic carbocycles. The van der Waals surface area contributed by atoms with Crippen molar-refractivity contribution < 1.29 is 4.39 Å². The second-order valence-electron chi connectivity index (χ2n) is 3.96. The topological polar surface area (TPSA) is 3.24 Å². The Balaban J connectivity index is 2.08. The van der Waals surface area contributed by atoms with Gasteiger partial charge in [-0.25, -0.2) is 4.39 Å². The molecule has 0 N–H and O–H groups in total. The summed E-state index contributed by atoms with van der Waals surface area (Å²) >= 11 is 2.29.